The monoisotopic (exact) mass is 481 g/mol. The lowest BCUT2D eigenvalue weighted by Gasteiger charge is -2.25. The van der Waals surface area contributed by atoms with E-state index in [0.717, 1.165) is 47.2 Å². The molecule has 1 aliphatic carbocycles. The van der Waals surface area contributed by atoms with Crippen LogP contribution >= 0.6 is 11.6 Å². The Morgan fingerprint density at radius 3 is 2.73 bits per heavy atom. The molecule has 0 spiro atoms. The summed E-state index contributed by atoms with van der Waals surface area (Å²) in [6.07, 6.45) is -2.01. The van der Waals surface area contributed by atoms with Crippen LogP contribution in [0.15, 0.2) is 42.5 Å². The third-order valence-corrected chi connectivity index (χ3v) is 5.98. The Balaban J connectivity index is 1.52. The molecular formula is C23H20ClF4N3O2. The van der Waals surface area contributed by atoms with E-state index in [1.54, 1.807) is 12.1 Å². The van der Waals surface area contributed by atoms with Crippen molar-refractivity contribution < 1.29 is 27.5 Å². The zero-order chi connectivity index (χ0) is 23.8. The predicted molar refractivity (Wildman–Crippen MR) is 114 cm³/mol. The summed E-state index contributed by atoms with van der Waals surface area (Å²) in [4.78, 5) is 12.6. The predicted octanol–water partition coefficient (Wildman–Crippen LogP) is 5.52. The van der Waals surface area contributed by atoms with Crippen LogP contribution in [0.25, 0.3) is 5.69 Å². The van der Waals surface area contributed by atoms with E-state index >= 15 is 0 Å². The van der Waals surface area contributed by atoms with E-state index in [0.29, 0.717) is 0 Å². The van der Waals surface area contributed by atoms with Crippen molar-refractivity contribution in [3.8, 4) is 11.4 Å². The number of nitrogens with zero attached hydrogens (tertiary/aromatic N) is 2. The van der Waals surface area contributed by atoms with Gasteiger partial charge in [-0.3, -0.25) is 4.79 Å². The van der Waals surface area contributed by atoms with Gasteiger partial charge in [0.2, 0.25) is 5.91 Å². The molecule has 1 atom stereocenters. The number of benzene rings is 2. The molecule has 10 heteroatoms. The number of phenolic OH excluding ortho intramolecular Hbond substituents is 1. The smallest absolute Gasteiger partial charge is 0.435 e. The molecule has 0 fully saturated rings. The largest absolute Gasteiger partial charge is 0.508 e. The fourth-order valence-corrected chi connectivity index (χ4v) is 4.28. The highest BCUT2D eigenvalue weighted by Crippen LogP contribution is 2.36. The van der Waals surface area contributed by atoms with Crippen LogP contribution in [0.1, 0.15) is 47.7 Å². The number of alkyl halides is 3. The molecule has 2 N–H and O–H groups in total. The summed E-state index contributed by atoms with van der Waals surface area (Å²) in [6, 6.07) is 9.42. The van der Waals surface area contributed by atoms with Gasteiger partial charge in [-0.1, -0.05) is 17.7 Å². The summed E-state index contributed by atoms with van der Waals surface area (Å²) in [7, 11) is 0. The zero-order valence-electron chi connectivity index (χ0n) is 17.3. The Kier molecular flexibility index (Phi) is 6.34. The van der Waals surface area contributed by atoms with Gasteiger partial charge in [0, 0.05) is 6.42 Å². The number of amides is 1. The van der Waals surface area contributed by atoms with Crippen LogP contribution in [-0.2, 0) is 23.9 Å². The normalized spacial score (nSPS) is 15.8. The van der Waals surface area contributed by atoms with Crippen molar-refractivity contribution in [2.24, 2.45) is 0 Å². The fourth-order valence-electron chi connectivity index (χ4n) is 4.11. The van der Waals surface area contributed by atoms with Crippen LogP contribution in [0.3, 0.4) is 0 Å². The summed E-state index contributed by atoms with van der Waals surface area (Å²) in [6.45, 7) is -0.212. The molecule has 1 amide bonds. The van der Waals surface area contributed by atoms with Crippen LogP contribution < -0.4 is 5.32 Å². The first-order valence-corrected chi connectivity index (χ1v) is 10.7. The van der Waals surface area contributed by atoms with Crippen molar-refractivity contribution >= 4 is 17.5 Å². The van der Waals surface area contributed by atoms with E-state index in [2.05, 4.69) is 10.4 Å². The second kappa shape index (κ2) is 9.05. The zero-order valence-corrected chi connectivity index (χ0v) is 18.0. The number of aromatic hydroxyl groups is 1. The fraction of sp³-hybridized carbons (Fsp3) is 0.304. The van der Waals surface area contributed by atoms with Gasteiger partial charge in [0.1, 0.15) is 11.6 Å². The number of halogens is 5. The van der Waals surface area contributed by atoms with Crippen molar-refractivity contribution in [1.29, 1.82) is 0 Å². The Bertz CT molecular complexity index is 1190. The molecule has 2 aromatic carbocycles. The maximum Gasteiger partial charge on any atom is 0.435 e. The second-order valence-corrected chi connectivity index (χ2v) is 8.39. The first-order valence-electron chi connectivity index (χ1n) is 10.3. The molecule has 0 saturated carbocycles. The molecule has 174 valence electrons. The van der Waals surface area contributed by atoms with Crippen molar-refractivity contribution in [3.63, 3.8) is 0 Å². The highest BCUT2D eigenvalue weighted by Gasteiger charge is 2.35. The number of aryl methyl sites for hydroxylation is 1. The molecule has 5 nitrogen and oxygen atoms in total. The maximum absolute atomic E-state index is 13.5. The number of carbonyl (C=O) groups excluding carboxylic acids is 1. The minimum Gasteiger partial charge on any atom is -0.508 e. The van der Waals surface area contributed by atoms with E-state index in [-0.39, 0.29) is 46.9 Å². The lowest BCUT2D eigenvalue weighted by molar-refractivity contribution is -0.141. The lowest BCUT2D eigenvalue weighted by Crippen LogP contribution is -2.26. The number of hydrogen-bond donors (Lipinski definition) is 2. The first-order chi connectivity index (χ1) is 15.6. The molecule has 1 aliphatic rings. The van der Waals surface area contributed by atoms with Gasteiger partial charge in [-0.15, -0.1) is 0 Å². The maximum atomic E-state index is 13.5. The van der Waals surface area contributed by atoms with E-state index < -0.39 is 17.7 Å². The SMILES string of the molecule is O=C(CC1CCCc2ccc(O)cc21)NCc1cc(C(F)(F)F)nn1-c1ccc(F)c(Cl)c1. The Hall–Kier alpha value is -3.07. The summed E-state index contributed by atoms with van der Waals surface area (Å²) in [5.41, 5.74) is 1.07. The van der Waals surface area contributed by atoms with E-state index in [1.165, 1.54) is 12.1 Å². The summed E-state index contributed by atoms with van der Waals surface area (Å²) in [5, 5.41) is 15.8. The number of fused-ring (bicyclic) bond motifs is 1. The lowest BCUT2D eigenvalue weighted by atomic mass is 9.81. The molecule has 1 unspecified atom stereocenters. The summed E-state index contributed by atoms with van der Waals surface area (Å²) < 4.78 is 54.2. The van der Waals surface area contributed by atoms with E-state index in [4.69, 9.17) is 11.6 Å². The molecule has 0 bridgehead atoms. The Morgan fingerprint density at radius 2 is 2.00 bits per heavy atom. The third-order valence-electron chi connectivity index (χ3n) is 5.69. The van der Waals surface area contributed by atoms with Crippen molar-refractivity contribution in [1.82, 2.24) is 15.1 Å². The number of nitrogens with one attached hydrogen (secondary N) is 1. The van der Waals surface area contributed by atoms with Gasteiger partial charge >= 0.3 is 6.18 Å². The minimum absolute atomic E-state index is 0.0695. The van der Waals surface area contributed by atoms with Gasteiger partial charge in [-0.25, -0.2) is 9.07 Å². The third kappa shape index (κ3) is 5.13. The van der Waals surface area contributed by atoms with Crippen molar-refractivity contribution in [3.05, 3.63) is 75.8 Å². The van der Waals surface area contributed by atoms with Gasteiger partial charge in [-0.05, 0) is 72.7 Å². The molecule has 33 heavy (non-hydrogen) atoms. The number of phenols is 1. The summed E-state index contributed by atoms with van der Waals surface area (Å²) >= 11 is 5.78. The standard InChI is InChI=1S/C23H20ClF4N3O2/c24-19-9-15(5-7-20(19)25)31-16(10-21(30-31)23(26,27)28)12-29-22(33)8-14-3-1-2-13-4-6-17(32)11-18(13)14/h4-7,9-11,14,32H,1-3,8,12H2,(H,29,33). The van der Waals surface area contributed by atoms with Crippen LogP contribution in [0.4, 0.5) is 17.6 Å². The van der Waals surface area contributed by atoms with Gasteiger partial charge in [0.15, 0.2) is 5.69 Å². The number of aromatic nitrogens is 2. The average Bonchev–Trinajstić information content (AvgIpc) is 3.19. The Labute approximate surface area is 192 Å². The molecule has 0 radical (unpaired) electrons. The number of rotatable bonds is 5. The van der Waals surface area contributed by atoms with Crippen LogP contribution in [0.2, 0.25) is 5.02 Å². The average molecular weight is 482 g/mol. The topological polar surface area (TPSA) is 67.2 Å². The molecule has 1 heterocycles. The Morgan fingerprint density at radius 1 is 1.21 bits per heavy atom. The van der Waals surface area contributed by atoms with Crippen LogP contribution in [0, 0.1) is 5.82 Å². The van der Waals surface area contributed by atoms with E-state index in [1.807, 2.05) is 6.07 Å². The summed E-state index contributed by atoms with van der Waals surface area (Å²) in [5.74, 6) is -1.01. The minimum atomic E-state index is -4.69. The number of hydrogen-bond acceptors (Lipinski definition) is 3. The molecular weight excluding hydrogens is 462 g/mol. The quantitative estimate of drug-likeness (QED) is 0.472. The van der Waals surface area contributed by atoms with Gasteiger partial charge in [0.25, 0.3) is 0 Å². The second-order valence-electron chi connectivity index (χ2n) is 7.98. The van der Waals surface area contributed by atoms with Crippen molar-refractivity contribution in [2.75, 3.05) is 0 Å². The molecule has 1 aromatic heterocycles. The van der Waals surface area contributed by atoms with Crippen LogP contribution in [-0.4, -0.2) is 20.8 Å². The van der Waals surface area contributed by atoms with Crippen molar-refractivity contribution in [2.45, 2.75) is 44.3 Å². The number of carbonyl (C=O) groups is 1. The van der Waals surface area contributed by atoms with E-state index in [9.17, 15) is 27.5 Å². The molecule has 0 aliphatic heterocycles. The van der Waals surface area contributed by atoms with Crippen LogP contribution in [0.5, 0.6) is 5.75 Å². The highest BCUT2D eigenvalue weighted by molar-refractivity contribution is 6.30. The molecule has 4 rings (SSSR count). The molecule has 0 saturated heterocycles. The van der Waals surface area contributed by atoms with Gasteiger partial charge < -0.3 is 10.4 Å². The van der Waals surface area contributed by atoms with Gasteiger partial charge in [0.05, 0.1) is 22.9 Å². The van der Waals surface area contributed by atoms with Gasteiger partial charge in [-0.2, -0.15) is 18.3 Å². The highest BCUT2D eigenvalue weighted by atomic mass is 35.5. The first kappa shape index (κ1) is 23.1. The molecule has 3 aromatic rings.